The normalized spacial score (nSPS) is 17.8. The van der Waals surface area contributed by atoms with E-state index in [1.165, 1.54) is 0 Å². The van der Waals surface area contributed by atoms with Crippen molar-refractivity contribution in [2.45, 2.75) is 45.9 Å². The molecule has 0 saturated heterocycles. The monoisotopic (exact) mass is 277 g/mol. The van der Waals surface area contributed by atoms with Crippen molar-refractivity contribution in [1.29, 1.82) is 0 Å². The van der Waals surface area contributed by atoms with Crippen LogP contribution in [0.15, 0.2) is 18.2 Å². The van der Waals surface area contributed by atoms with Crippen LogP contribution in [0.3, 0.4) is 0 Å². The summed E-state index contributed by atoms with van der Waals surface area (Å²) in [5.41, 5.74) is 1.53. The molecule has 1 aromatic rings. The van der Waals surface area contributed by atoms with Gasteiger partial charge in [-0.3, -0.25) is 4.90 Å². The maximum Gasteiger partial charge on any atom is 0.411 e. The standard InChI is InChI=1S/C15H19NO4/c1-9-12-6-5-10(13(17)18)7-11(12)8-16(9)14(19)20-15(2,3)4/h5-7,9H,8H2,1-4H3,(H,17,18). The minimum atomic E-state index is -0.962. The van der Waals surface area contributed by atoms with Crippen LogP contribution in [-0.2, 0) is 11.3 Å². The number of hydrogen-bond acceptors (Lipinski definition) is 3. The Labute approximate surface area is 118 Å². The molecule has 0 fully saturated rings. The zero-order valence-electron chi connectivity index (χ0n) is 12.1. The number of carboxylic acids is 1. The second-order valence-corrected chi connectivity index (χ2v) is 6.00. The van der Waals surface area contributed by atoms with E-state index in [-0.39, 0.29) is 17.7 Å². The predicted octanol–water partition coefficient (Wildman–Crippen LogP) is 3.20. The van der Waals surface area contributed by atoms with Crippen molar-refractivity contribution in [3.05, 3.63) is 34.9 Å². The molecule has 1 amide bonds. The summed E-state index contributed by atoms with van der Waals surface area (Å²) >= 11 is 0. The molecular weight excluding hydrogens is 258 g/mol. The van der Waals surface area contributed by atoms with E-state index in [1.54, 1.807) is 23.1 Å². The summed E-state index contributed by atoms with van der Waals surface area (Å²) in [5, 5.41) is 9.00. The molecule has 0 saturated carbocycles. The van der Waals surface area contributed by atoms with Gasteiger partial charge in [-0.2, -0.15) is 0 Å². The Hall–Kier alpha value is -2.04. The second kappa shape index (κ2) is 4.81. The number of hydrogen-bond donors (Lipinski definition) is 1. The summed E-state index contributed by atoms with van der Waals surface area (Å²) in [5.74, 6) is -0.962. The van der Waals surface area contributed by atoms with Gasteiger partial charge in [-0.05, 0) is 51.0 Å². The highest BCUT2D eigenvalue weighted by atomic mass is 16.6. The average molecular weight is 277 g/mol. The summed E-state index contributed by atoms with van der Waals surface area (Å²) in [6.45, 7) is 7.76. The van der Waals surface area contributed by atoms with Gasteiger partial charge in [0, 0.05) is 6.54 Å². The van der Waals surface area contributed by atoms with Crippen molar-refractivity contribution in [2.24, 2.45) is 0 Å². The van der Waals surface area contributed by atoms with Gasteiger partial charge in [0.25, 0.3) is 0 Å². The maximum atomic E-state index is 12.1. The minimum Gasteiger partial charge on any atom is -0.478 e. The van der Waals surface area contributed by atoms with Crippen molar-refractivity contribution >= 4 is 12.1 Å². The third-order valence-corrected chi connectivity index (χ3v) is 3.28. The maximum absolute atomic E-state index is 12.1. The van der Waals surface area contributed by atoms with Crippen LogP contribution in [0.5, 0.6) is 0 Å². The first-order chi connectivity index (χ1) is 9.19. The van der Waals surface area contributed by atoms with E-state index in [4.69, 9.17) is 9.84 Å². The highest BCUT2D eigenvalue weighted by Crippen LogP contribution is 2.34. The lowest BCUT2D eigenvalue weighted by atomic mass is 10.0. The molecule has 5 nitrogen and oxygen atoms in total. The molecule has 1 unspecified atom stereocenters. The first kappa shape index (κ1) is 14.4. The van der Waals surface area contributed by atoms with Crippen LogP contribution in [0.2, 0.25) is 0 Å². The van der Waals surface area contributed by atoms with E-state index < -0.39 is 11.6 Å². The molecule has 1 aliphatic heterocycles. The minimum absolute atomic E-state index is 0.109. The van der Waals surface area contributed by atoms with E-state index >= 15 is 0 Å². The van der Waals surface area contributed by atoms with Crippen molar-refractivity contribution in [3.63, 3.8) is 0 Å². The Morgan fingerprint density at radius 2 is 2.00 bits per heavy atom. The highest BCUT2D eigenvalue weighted by molar-refractivity contribution is 5.88. The summed E-state index contributed by atoms with van der Waals surface area (Å²) < 4.78 is 5.37. The number of carbonyl (C=O) groups is 2. The number of ether oxygens (including phenoxy) is 1. The Morgan fingerprint density at radius 1 is 1.35 bits per heavy atom. The van der Waals surface area contributed by atoms with E-state index in [2.05, 4.69) is 0 Å². The van der Waals surface area contributed by atoms with E-state index in [9.17, 15) is 9.59 Å². The summed E-state index contributed by atoms with van der Waals surface area (Å²) in [4.78, 5) is 24.7. The number of aromatic carboxylic acids is 1. The molecule has 20 heavy (non-hydrogen) atoms. The average Bonchev–Trinajstić information content (AvgIpc) is 2.64. The van der Waals surface area contributed by atoms with Gasteiger partial charge in [0.1, 0.15) is 5.60 Å². The number of carboxylic acid groups (broad SMARTS) is 1. The smallest absolute Gasteiger partial charge is 0.411 e. The second-order valence-electron chi connectivity index (χ2n) is 6.00. The lowest BCUT2D eigenvalue weighted by Crippen LogP contribution is -2.34. The SMILES string of the molecule is CC1c2ccc(C(=O)O)cc2CN1C(=O)OC(C)(C)C. The highest BCUT2D eigenvalue weighted by Gasteiger charge is 2.33. The number of fused-ring (bicyclic) bond motifs is 1. The molecule has 1 aromatic carbocycles. The van der Waals surface area contributed by atoms with Crippen molar-refractivity contribution in [1.82, 2.24) is 4.90 Å². The molecule has 1 N–H and O–H groups in total. The molecule has 0 aliphatic carbocycles. The molecule has 108 valence electrons. The van der Waals surface area contributed by atoms with Crippen molar-refractivity contribution < 1.29 is 19.4 Å². The molecule has 1 heterocycles. The van der Waals surface area contributed by atoms with Gasteiger partial charge < -0.3 is 9.84 Å². The summed E-state index contributed by atoms with van der Waals surface area (Å²) in [6.07, 6.45) is -0.377. The van der Waals surface area contributed by atoms with Crippen molar-refractivity contribution in [2.75, 3.05) is 0 Å². The van der Waals surface area contributed by atoms with Gasteiger partial charge in [-0.25, -0.2) is 9.59 Å². The van der Waals surface area contributed by atoms with Crippen LogP contribution in [0, 0.1) is 0 Å². The fraction of sp³-hybridized carbons (Fsp3) is 0.467. The predicted molar refractivity (Wildman–Crippen MR) is 73.6 cm³/mol. The lowest BCUT2D eigenvalue weighted by Gasteiger charge is -2.27. The molecule has 5 heteroatoms. The molecule has 0 aromatic heterocycles. The van der Waals surface area contributed by atoms with E-state index in [0.717, 1.165) is 11.1 Å². The summed E-state index contributed by atoms with van der Waals surface area (Å²) in [6, 6.07) is 4.85. The number of benzene rings is 1. The topological polar surface area (TPSA) is 66.8 Å². The van der Waals surface area contributed by atoms with Crippen LogP contribution in [0.4, 0.5) is 4.79 Å². The molecule has 0 bridgehead atoms. The molecule has 0 radical (unpaired) electrons. The van der Waals surface area contributed by atoms with E-state index in [1.807, 2.05) is 27.7 Å². The third-order valence-electron chi connectivity index (χ3n) is 3.28. The largest absolute Gasteiger partial charge is 0.478 e. The van der Waals surface area contributed by atoms with Crippen LogP contribution in [0.1, 0.15) is 55.2 Å². The van der Waals surface area contributed by atoms with Crippen LogP contribution < -0.4 is 0 Å². The van der Waals surface area contributed by atoms with Gasteiger partial charge in [0.2, 0.25) is 0 Å². The van der Waals surface area contributed by atoms with E-state index in [0.29, 0.717) is 6.54 Å². The van der Waals surface area contributed by atoms with Gasteiger partial charge in [-0.15, -0.1) is 0 Å². The fourth-order valence-corrected chi connectivity index (χ4v) is 2.31. The van der Waals surface area contributed by atoms with Crippen LogP contribution >= 0.6 is 0 Å². The van der Waals surface area contributed by atoms with Gasteiger partial charge in [0.15, 0.2) is 0 Å². The summed E-state index contributed by atoms with van der Waals surface area (Å²) in [7, 11) is 0. The van der Waals surface area contributed by atoms with Crippen LogP contribution in [0.25, 0.3) is 0 Å². The number of rotatable bonds is 1. The Bertz CT molecular complexity index is 559. The zero-order chi connectivity index (χ0) is 15.1. The van der Waals surface area contributed by atoms with Gasteiger partial charge in [-0.1, -0.05) is 6.07 Å². The molecular formula is C15H19NO4. The number of amides is 1. The Balaban J connectivity index is 2.22. The molecule has 0 spiro atoms. The first-order valence-electron chi connectivity index (χ1n) is 6.55. The number of carbonyl (C=O) groups excluding carboxylic acids is 1. The Kier molecular flexibility index (Phi) is 3.46. The zero-order valence-corrected chi connectivity index (χ0v) is 12.1. The molecule has 2 rings (SSSR count). The number of nitrogens with zero attached hydrogens (tertiary/aromatic N) is 1. The Morgan fingerprint density at radius 3 is 2.55 bits per heavy atom. The first-order valence-corrected chi connectivity index (χ1v) is 6.55. The fourth-order valence-electron chi connectivity index (χ4n) is 2.31. The lowest BCUT2D eigenvalue weighted by molar-refractivity contribution is 0.0187. The van der Waals surface area contributed by atoms with Gasteiger partial charge >= 0.3 is 12.1 Å². The molecule has 1 atom stereocenters. The third kappa shape index (κ3) is 2.76. The van der Waals surface area contributed by atoms with Gasteiger partial charge in [0.05, 0.1) is 11.6 Å². The van der Waals surface area contributed by atoms with Crippen molar-refractivity contribution in [3.8, 4) is 0 Å². The molecule has 1 aliphatic rings. The quantitative estimate of drug-likeness (QED) is 0.856. The van der Waals surface area contributed by atoms with Crippen LogP contribution in [-0.4, -0.2) is 27.7 Å².